The summed E-state index contributed by atoms with van der Waals surface area (Å²) in [5, 5.41) is 16.4. The summed E-state index contributed by atoms with van der Waals surface area (Å²) in [6.07, 6.45) is 2.91. The second-order valence-electron chi connectivity index (χ2n) is 8.57. The number of thioether (sulfide) groups is 1. The first-order valence-electron chi connectivity index (χ1n) is 11.9. The largest absolute Gasteiger partial charge is 0.478 e. The van der Waals surface area contributed by atoms with E-state index < -0.39 is 5.97 Å². The van der Waals surface area contributed by atoms with E-state index in [1.165, 1.54) is 16.3 Å². The summed E-state index contributed by atoms with van der Waals surface area (Å²) in [6.45, 7) is 1.48. The lowest BCUT2D eigenvalue weighted by Gasteiger charge is -2.11. The van der Waals surface area contributed by atoms with Crippen molar-refractivity contribution in [1.29, 1.82) is 0 Å². The summed E-state index contributed by atoms with van der Waals surface area (Å²) in [5.41, 5.74) is 4.46. The van der Waals surface area contributed by atoms with Crippen LogP contribution in [0.25, 0.3) is 10.8 Å². The highest BCUT2D eigenvalue weighted by Gasteiger charge is 2.14. The second kappa shape index (κ2) is 11.1. The lowest BCUT2D eigenvalue weighted by atomic mass is 10.0. The number of aromatic nitrogens is 2. The summed E-state index contributed by atoms with van der Waals surface area (Å²) in [4.78, 5) is 16.6. The van der Waals surface area contributed by atoms with E-state index in [0.29, 0.717) is 17.9 Å². The monoisotopic (exact) mass is 493 g/mol. The normalized spacial score (nSPS) is 11.0. The Labute approximate surface area is 214 Å². The van der Waals surface area contributed by atoms with Gasteiger partial charge in [-0.3, -0.25) is 0 Å². The van der Waals surface area contributed by atoms with E-state index >= 15 is 0 Å². The first kappa shape index (κ1) is 23.7. The molecule has 0 radical (unpaired) electrons. The zero-order chi connectivity index (χ0) is 24.7. The van der Waals surface area contributed by atoms with Crippen LogP contribution in [0.1, 0.15) is 27.2 Å². The molecule has 0 unspecified atom stereocenters. The summed E-state index contributed by atoms with van der Waals surface area (Å²) in [6, 6.07) is 32.1. The summed E-state index contributed by atoms with van der Waals surface area (Å²) in [5.74, 6) is -0.366. The molecule has 0 atom stereocenters. The Morgan fingerprint density at radius 1 is 0.861 bits per heavy atom. The standard InChI is InChI=1S/C30H27N3O2S/c34-29(35)28-16-7-5-10-24(28)21-36-30-32-26(17-18-31-25-13-2-1-3-14-25)20-33(30)19-23-12-8-11-22-9-4-6-15-27(22)23/h1-16,20,31H,17-19,21H2,(H,34,35). The Kier molecular flexibility index (Phi) is 7.33. The van der Waals surface area contributed by atoms with Crippen molar-refractivity contribution in [3.8, 4) is 0 Å². The lowest BCUT2D eigenvalue weighted by Crippen LogP contribution is -2.04. The van der Waals surface area contributed by atoms with Crippen molar-refractivity contribution < 1.29 is 9.90 Å². The van der Waals surface area contributed by atoms with Gasteiger partial charge >= 0.3 is 5.97 Å². The smallest absolute Gasteiger partial charge is 0.335 e. The molecule has 5 nitrogen and oxygen atoms in total. The van der Waals surface area contributed by atoms with Crippen LogP contribution >= 0.6 is 11.8 Å². The van der Waals surface area contributed by atoms with Gasteiger partial charge in [-0.05, 0) is 40.1 Å². The van der Waals surface area contributed by atoms with Gasteiger partial charge in [0.2, 0.25) is 0 Å². The van der Waals surface area contributed by atoms with Gasteiger partial charge in [-0.25, -0.2) is 9.78 Å². The van der Waals surface area contributed by atoms with Gasteiger partial charge in [-0.1, -0.05) is 90.6 Å². The first-order valence-corrected chi connectivity index (χ1v) is 12.9. The molecule has 0 aliphatic carbocycles. The number of carboxylic acid groups (broad SMARTS) is 1. The summed E-state index contributed by atoms with van der Waals surface area (Å²) < 4.78 is 2.19. The molecule has 0 fully saturated rings. The molecule has 6 heteroatoms. The highest BCUT2D eigenvalue weighted by atomic mass is 32.2. The number of para-hydroxylation sites is 1. The molecule has 5 aromatic rings. The maximum atomic E-state index is 11.7. The van der Waals surface area contributed by atoms with Crippen molar-refractivity contribution in [3.05, 3.63) is 126 Å². The molecular weight excluding hydrogens is 466 g/mol. The van der Waals surface area contributed by atoms with Crippen molar-refractivity contribution >= 4 is 34.2 Å². The van der Waals surface area contributed by atoms with Crippen molar-refractivity contribution in [1.82, 2.24) is 9.55 Å². The number of hydrogen-bond acceptors (Lipinski definition) is 4. The Balaban J connectivity index is 1.39. The molecule has 1 aromatic heterocycles. The van der Waals surface area contributed by atoms with Gasteiger partial charge < -0.3 is 15.0 Å². The maximum Gasteiger partial charge on any atom is 0.335 e. The topological polar surface area (TPSA) is 67.2 Å². The Morgan fingerprint density at radius 3 is 2.44 bits per heavy atom. The van der Waals surface area contributed by atoms with Crippen molar-refractivity contribution in [2.24, 2.45) is 0 Å². The molecule has 0 amide bonds. The van der Waals surface area contributed by atoms with E-state index in [2.05, 4.69) is 70.7 Å². The molecular formula is C30H27N3O2S. The van der Waals surface area contributed by atoms with Gasteiger partial charge in [0.25, 0.3) is 0 Å². The number of anilines is 1. The Morgan fingerprint density at radius 2 is 1.58 bits per heavy atom. The van der Waals surface area contributed by atoms with Crippen LogP contribution in [0.3, 0.4) is 0 Å². The predicted octanol–water partition coefficient (Wildman–Crippen LogP) is 6.73. The molecule has 0 spiro atoms. The Bertz CT molecular complexity index is 1480. The third kappa shape index (κ3) is 5.61. The van der Waals surface area contributed by atoms with Crippen molar-refractivity contribution in [2.45, 2.75) is 23.9 Å². The third-order valence-electron chi connectivity index (χ3n) is 6.10. The number of hydrogen-bond donors (Lipinski definition) is 2. The minimum absolute atomic E-state index is 0.337. The number of fused-ring (bicyclic) bond motifs is 1. The van der Waals surface area contributed by atoms with Crippen molar-refractivity contribution in [3.63, 3.8) is 0 Å². The van der Waals surface area contributed by atoms with Gasteiger partial charge in [-0.15, -0.1) is 0 Å². The number of carboxylic acids is 1. The molecule has 4 aromatic carbocycles. The van der Waals surface area contributed by atoms with Crippen LogP contribution in [0.4, 0.5) is 5.69 Å². The fourth-order valence-corrected chi connectivity index (χ4v) is 5.30. The van der Waals surface area contributed by atoms with E-state index in [-0.39, 0.29) is 0 Å². The number of imidazole rings is 1. The number of nitrogens with zero attached hydrogens (tertiary/aromatic N) is 2. The first-order chi connectivity index (χ1) is 17.7. The Hall–Kier alpha value is -4.03. The fourth-order valence-electron chi connectivity index (χ4n) is 4.30. The summed E-state index contributed by atoms with van der Waals surface area (Å²) >= 11 is 1.58. The minimum Gasteiger partial charge on any atom is -0.478 e. The second-order valence-corrected chi connectivity index (χ2v) is 9.52. The molecule has 0 saturated carbocycles. The SMILES string of the molecule is O=C(O)c1ccccc1CSc1nc(CCNc2ccccc2)cn1Cc1cccc2ccccc12. The van der Waals surface area contributed by atoms with Crippen LogP contribution in [0.5, 0.6) is 0 Å². The van der Waals surface area contributed by atoms with Gasteiger partial charge in [0.1, 0.15) is 0 Å². The average Bonchev–Trinajstić information content (AvgIpc) is 3.29. The number of carbonyl (C=O) groups is 1. The van der Waals surface area contributed by atoms with Crippen LogP contribution in [0, 0.1) is 0 Å². The van der Waals surface area contributed by atoms with Crippen LogP contribution in [0.15, 0.2) is 108 Å². The molecule has 0 aliphatic heterocycles. The van der Waals surface area contributed by atoms with Crippen LogP contribution < -0.4 is 5.32 Å². The quantitative estimate of drug-likeness (QED) is 0.211. The molecule has 1 heterocycles. The van der Waals surface area contributed by atoms with Crippen LogP contribution in [-0.2, 0) is 18.7 Å². The average molecular weight is 494 g/mol. The fraction of sp³-hybridized carbons (Fsp3) is 0.133. The van der Waals surface area contributed by atoms with E-state index in [1.807, 2.05) is 30.3 Å². The van der Waals surface area contributed by atoms with Gasteiger partial charge in [0, 0.05) is 30.6 Å². The van der Waals surface area contributed by atoms with Crippen LogP contribution in [0.2, 0.25) is 0 Å². The number of aromatic carboxylic acids is 1. The molecule has 5 rings (SSSR count). The number of benzene rings is 4. The molecule has 0 aliphatic rings. The predicted molar refractivity (Wildman–Crippen MR) is 147 cm³/mol. The van der Waals surface area contributed by atoms with E-state index in [1.54, 1.807) is 23.9 Å². The molecule has 0 saturated heterocycles. The van der Waals surface area contributed by atoms with Gasteiger partial charge in [-0.2, -0.15) is 0 Å². The van der Waals surface area contributed by atoms with Gasteiger partial charge in [0.15, 0.2) is 5.16 Å². The van der Waals surface area contributed by atoms with Crippen LogP contribution in [-0.4, -0.2) is 27.2 Å². The molecule has 180 valence electrons. The zero-order valence-corrected chi connectivity index (χ0v) is 20.6. The lowest BCUT2D eigenvalue weighted by molar-refractivity contribution is 0.0696. The highest BCUT2D eigenvalue weighted by molar-refractivity contribution is 7.98. The molecule has 2 N–H and O–H groups in total. The highest BCUT2D eigenvalue weighted by Crippen LogP contribution is 2.27. The third-order valence-corrected chi connectivity index (χ3v) is 7.14. The minimum atomic E-state index is -0.905. The number of rotatable bonds is 10. The van der Waals surface area contributed by atoms with Gasteiger partial charge in [0.05, 0.1) is 17.8 Å². The summed E-state index contributed by atoms with van der Waals surface area (Å²) in [7, 11) is 0. The number of nitrogens with one attached hydrogen (secondary N) is 1. The van der Waals surface area contributed by atoms with E-state index in [4.69, 9.17) is 4.98 Å². The van der Waals surface area contributed by atoms with E-state index in [9.17, 15) is 9.90 Å². The molecule has 36 heavy (non-hydrogen) atoms. The van der Waals surface area contributed by atoms with Crippen molar-refractivity contribution in [2.75, 3.05) is 11.9 Å². The van der Waals surface area contributed by atoms with E-state index in [0.717, 1.165) is 35.1 Å². The maximum absolute atomic E-state index is 11.7. The zero-order valence-electron chi connectivity index (χ0n) is 19.8. The molecule has 0 bridgehead atoms.